The van der Waals surface area contributed by atoms with Gasteiger partial charge in [0.15, 0.2) is 5.82 Å². The molecule has 94 valence electrons. The molecule has 0 saturated heterocycles. The molecule has 6 nitrogen and oxygen atoms in total. The van der Waals surface area contributed by atoms with Gasteiger partial charge in [-0.15, -0.1) is 10.2 Å². The largest absolute Gasteiger partial charge is 0.314 e. The lowest BCUT2D eigenvalue weighted by Crippen LogP contribution is -1.99. The van der Waals surface area contributed by atoms with Gasteiger partial charge in [0, 0.05) is 24.2 Å². The van der Waals surface area contributed by atoms with E-state index in [0.717, 1.165) is 24.1 Å². The normalized spacial score (nSPS) is 10.6. The molecule has 0 fully saturated rings. The summed E-state index contributed by atoms with van der Waals surface area (Å²) < 4.78 is 1.90. The van der Waals surface area contributed by atoms with Crippen LogP contribution in [0.2, 0.25) is 0 Å². The average Bonchev–Trinajstić information content (AvgIpc) is 2.77. The fraction of sp³-hybridized carbons (Fsp3) is 0.333. The summed E-state index contributed by atoms with van der Waals surface area (Å²) in [4.78, 5) is 10.5. The Hall–Kier alpha value is -2.24. The molecule has 0 aliphatic rings. The number of non-ortho nitro benzene ring substituents is 1. The maximum Gasteiger partial charge on any atom is 0.270 e. The minimum atomic E-state index is -0.392. The molecule has 18 heavy (non-hydrogen) atoms. The third-order valence-electron chi connectivity index (χ3n) is 2.61. The molecule has 0 radical (unpaired) electrons. The molecule has 1 heterocycles. The molecule has 0 amide bonds. The van der Waals surface area contributed by atoms with Crippen LogP contribution in [-0.2, 0) is 6.54 Å². The van der Waals surface area contributed by atoms with Crippen molar-refractivity contribution in [3.05, 3.63) is 40.2 Å². The number of rotatable bonds is 4. The van der Waals surface area contributed by atoms with Crippen molar-refractivity contribution in [3.63, 3.8) is 0 Å². The smallest absolute Gasteiger partial charge is 0.270 e. The lowest BCUT2D eigenvalue weighted by molar-refractivity contribution is -0.384. The topological polar surface area (TPSA) is 73.8 Å². The summed E-state index contributed by atoms with van der Waals surface area (Å²) in [6.07, 6.45) is 2.60. The lowest BCUT2D eigenvalue weighted by atomic mass is 10.1. The molecule has 0 aliphatic carbocycles. The van der Waals surface area contributed by atoms with Crippen LogP contribution in [0, 0.1) is 17.0 Å². The number of nitro benzene ring substituents is 1. The second-order valence-electron chi connectivity index (χ2n) is 4.16. The number of nitrogens with zero attached hydrogens (tertiary/aromatic N) is 4. The van der Waals surface area contributed by atoms with Crippen molar-refractivity contribution in [1.82, 2.24) is 14.8 Å². The molecule has 0 unspecified atom stereocenters. The van der Waals surface area contributed by atoms with Crippen LogP contribution in [0.15, 0.2) is 24.5 Å². The molecule has 0 atom stereocenters. The Bertz CT molecular complexity index is 577. The van der Waals surface area contributed by atoms with E-state index in [4.69, 9.17) is 0 Å². The molecule has 2 rings (SSSR count). The molecule has 0 spiro atoms. The predicted molar refractivity (Wildman–Crippen MR) is 67.1 cm³/mol. The molecule has 0 N–H and O–H groups in total. The summed E-state index contributed by atoms with van der Waals surface area (Å²) in [5, 5.41) is 18.7. The number of aromatic nitrogens is 3. The van der Waals surface area contributed by atoms with Crippen molar-refractivity contribution in [2.75, 3.05) is 0 Å². The van der Waals surface area contributed by atoms with E-state index in [2.05, 4.69) is 17.1 Å². The van der Waals surface area contributed by atoms with Crippen LogP contribution >= 0.6 is 0 Å². The first-order valence-corrected chi connectivity index (χ1v) is 5.76. The van der Waals surface area contributed by atoms with Crippen molar-refractivity contribution < 1.29 is 4.92 Å². The summed E-state index contributed by atoms with van der Waals surface area (Å²) >= 11 is 0. The number of nitro groups is 1. The summed E-state index contributed by atoms with van der Waals surface area (Å²) in [5.41, 5.74) is 1.65. The first-order chi connectivity index (χ1) is 8.61. The van der Waals surface area contributed by atoms with Gasteiger partial charge in [0.1, 0.15) is 6.33 Å². The van der Waals surface area contributed by atoms with E-state index < -0.39 is 4.92 Å². The van der Waals surface area contributed by atoms with Crippen molar-refractivity contribution >= 4 is 5.69 Å². The maximum atomic E-state index is 10.8. The van der Waals surface area contributed by atoms with E-state index in [9.17, 15) is 10.1 Å². The minimum Gasteiger partial charge on any atom is -0.314 e. The first kappa shape index (κ1) is 12.2. The zero-order chi connectivity index (χ0) is 13.1. The van der Waals surface area contributed by atoms with Crippen LogP contribution in [0.3, 0.4) is 0 Å². The highest BCUT2D eigenvalue weighted by atomic mass is 16.6. The summed E-state index contributed by atoms with van der Waals surface area (Å²) in [6.45, 7) is 4.68. The Kier molecular flexibility index (Phi) is 3.36. The maximum absolute atomic E-state index is 10.8. The molecule has 6 heteroatoms. The zero-order valence-corrected chi connectivity index (χ0v) is 10.3. The fourth-order valence-corrected chi connectivity index (χ4v) is 1.88. The fourth-order valence-electron chi connectivity index (χ4n) is 1.88. The van der Waals surface area contributed by atoms with E-state index in [-0.39, 0.29) is 5.69 Å². The predicted octanol–water partition coefficient (Wildman–Crippen LogP) is 2.57. The van der Waals surface area contributed by atoms with Crippen molar-refractivity contribution in [3.8, 4) is 11.4 Å². The Balaban J connectivity index is 2.49. The highest BCUT2D eigenvalue weighted by Gasteiger charge is 2.13. The van der Waals surface area contributed by atoms with Crippen LogP contribution in [0.25, 0.3) is 11.4 Å². The SMILES string of the molecule is CCCn1cnnc1-c1cc(C)cc([N+](=O)[O-])c1. The van der Waals surface area contributed by atoms with E-state index in [1.807, 2.05) is 17.6 Å². The first-order valence-electron chi connectivity index (χ1n) is 5.76. The van der Waals surface area contributed by atoms with Gasteiger partial charge in [-0.25, -0.2) is 0 Å². The second kappa shape index (κ2) is 4.95. The lowest BCUT2D eigenvalue weighted by Gasteiger charge is -2.05. The second-order valence-corrected chi connectivity index (χ2v) is 4.16. The van der Waals surface area contributed by atoms with E-state index in [1.165, 1.54) is 6.07 Å². The molecule has 1 aromatic carbocycles. The van der Waals surface area contributed by atoms with Gasteiger partial charge in [-0.1, -0.05) is 6.92 Å². The van der Waals surface area contributed by atoms with Gasteiger partial charge in [0.05, 0.1) is 4.92 Å². The Labute approximate surface area is 104 Å². The van der Waals surface area contributed by atoms with Crippen LogP contribution in [0.5, 0.6) is 0 Å². The Morgan fingerprint density at radius 3 is 2.83 bits per heavy atom. The molecular weight excluding hydrogens is 232 g/mol. The van der Waals surface area contributed by atoms with E-state index in [0.29, 0.717) is 5.82 Å². The molecule has 1 aromatic heterocycles. The van der Waals surface area contributed by atoms with Crippen molar-refractivity contribution in [2.24, 2.45) is 0 Å². The number of hydrogen-bond acceptors (Lipinski definition) is 4. The number of hydrogen-bond donors (Lipinski definition) is 0. The summed E-state index contributed by atoms with van der Waals surface area (Å²) in [6, 6.07) is 4.95. The quantitative estimate of drug-likeness (QED) is 0.613. The van der Waals surface area contributed by atoms with Gasteiger partial charge in [0.25, 0.3) is 5.69 Å². The zero-order valence-electron chi connectivity index (χ0n) is 10.3. The van der Waals surface area contributed by atoms with Crippen molar-refractivity contribution in [2.45, 2.75) is 26.8 Å². The van der Waals surface area contributed by atoms with Crippen LogP contribution < -0.4 is 0 Å². The van der Waals surface area contributed by atoms with Gasteiger partial charge in [0.2, 0.25) is 0 Å². The van der Waals surface area contributed by atoms with E-state index >= 15 is 0 Å². The van der Waals surface area contributed by atoms with Crippen LogP contribution in [-0.4, -0.2) is 19.7 Å². The highest BCUT2D eigenvalue weighted by Crippen LogP contribution is 2.24. The van der Waals surface area contributed by atoms with Gasteiger partial charge in [-0.2, -0.15) is 0 Å². The van der Waals surface area contributed by atoms with Gasteiger partial charge >= 0.3 is 0 Å². The highest BCUT2D eigenvalue weighted by molar-refractivity contribution is 5.61. The van der Waals surface area contributed by atoms with E-state index in [1.54, 1.807) is 12.4 Å². The third-order valence-corrected chi connectivity index (χ3v) is 2.61. The van der Waals surface area contributed by atoms with Crippen LogP contribution in [0.4, 0.5) is 5.69 Å². The number of benzene rings is 1. The summed E-state index contributed by atoms with van der Waals surface area (Å²) in [5.74, 6) is 0.670. The average molecular weight is 246 g/mol. The standard InChI is InChI=1S/C12H14N4O2/c1-3-4-15-8-13-14-12(15)10-5-9(2)6-11(7-10)16(17)18/h5-8H,3-4H2,1-2H3. The molecule has 0 aliphatic heterocycles. The van der Waals surface area contributed by atoms with Gasteiger partial charge in [-0.3, -0.25) is 10.1 Å². The van der Waals surface area contributed by atoms with Crippen molar-refractivity contribution in [1.29, 1.82) is 0 Å². The van der Waals surface area contributed by atoms with Gasteiger partial charge < -0.3 is 4.57 Å². The minimum absolute atomic E-state index is 0.0797. The Morgan fingerprint density at radius 2 is 2.17 bits per heavy atom. The monoisotopic (exact) mass is 246 g/mol. The van der Waals surface area contributed by atoms with Crippen LogP contribution in [0.1, 0.15) is 18.9 Å². The third kappa shape index (κ3) is 2.37. The molecule has 0 saturated carbocycles. The van der Waals surface area contributed by atoms with Gasteiger partial charge in [-0.05, 0) is 25.0 Å². The molecular formula is C12H14N4O2. The summed E-state index contributed by atoms with van der Waals surface area (Å²) in [7, 11) is 0. The molecule has 2 aromatic rings. The molecule has 0 bridgehead atoms. The number of aryl methyl sites for hydroxylation is 2. The Morgan fingerprint density at radius 1 is 1.39 bits per heavy atom.